The van der Waals surface area contributed by atoms with Crippen molar-refractivity contribution >= 4 is 46.1 Å². The standard InChI is InChI=1S/C28H28N2O7S/c1-34-23-11-7-18(15-25(23)36-3)5-9-21(31)20(17-27(33)30-28-29-13-14-38-28)22(32)10-6-19-8-12-24(35-2)26(16-19)37-4/h5-16,20H,17H2,1-4H3,(H,29,30,33)/b9-5+,10-6+. The van der Waals surface area contributed by atoms with E-state index in [-0.39, 0.29) is 6.42 Å². The third kappa shape index (κ3) is 7.53. The molecule has 0 saturated heterocycles. The molecule has 0 spiro atoms. The van der Waals surface area contributed by atoms with Crippen LogP contribution in [0.4, 0.5) is 5.13 Å². The van der Waals surface area contributed by atoms with Crippen LogP contribution in [0.15, 0.2) is 60.1 Å². The normalized spacial score (nSPS) is 11.1. The van der Waals surface area contributed by atoms with Crippen molar-refractivity contribution in [2.75, 3.05) is 33.8 Å². The van der Waals surface area contributed by atoms with E-state index in [1.807, 2.05) is 0 Å². The number of methoxy groups -OCH3 is 4. The number of benzene rings is 2. The highest BCUT2D eigenvalue weighted by atomic mass is 32.1. The SMILES string of the molecule is COc1ccc(/C=C/C(=O)C(CC(=O)Nc2nccs2)C(=O)/C=C/c2ccc(OC)c(OC)c2)cc1OC. The van der Waals surface area contributed by atoms with Crippen molar-refractivity contribution in [3.63, 3.8) is 0 Å². The fourth-order valence-electron chi connectivity index (χ4n) is 3.48. The van der Waals surface area contributed by atoms with E-state index in [0.717, 1.165) is 0 Å². The van der Waals surface area contributed by atoms with Gasteiger partial charge < -0.3 is 24.3 Å². The lowest BCUT2D eigenvalue weighted by Crippen LogP contribution is -2.27. The Kier molecular flexibility index (Phi) is 10.2. The number of amides is 1. The second kappa shape index (κ2) is 13.8. The van der Waals surface area contributed by atoms with Crippen LogP contribution in [0, 0.1) is 5.92 Å². The molecule has 0 atom stereocenters. The van der Waals surface area contributed by atoms with Crippen LogP contribution >= 0.6 is 11.3 Å². The molecule has 3 aromatic rings. The molecule has 38 heavy (non-hydrogen) atoms. The van der Waals surface area contributed by atoms with E-state index in [2.05, 4.69) is 10.3 Å². The molecule has 1 N–H and O–H groups in total. The van der Waals surface area contributed by atoms with Gasteiger partial charge in [-0.1, -0.05) is 24.3 Å². The molecule has 0 saturated carbocycles. The maximum Gasteiger partial charge on any atom is 0.227 e. The molecule has 9 nitrogen and oxygen atoms in total. The molecule has 0 unspecified atom stereocenters. The molecule has 2 aromatic carbocycles. The molecular formula is C28H28N2O7S. The zero-order chi connectivity index (χ0) is 27.5. The molecule has 0 aliphatic carbocycles. The van der Waals surface area contributed by atoms with Crippen molar-refractivity contribution in [2.24, 2.45) is 5.92 Å². The predicted molar refractivity (Wildman–Crippen MR) is 146 cm³/mol. The number of carbonyl (C=O) groups excluding carboxylic acids is 3. The first-order valence-electron chi connectivity index (χ1n) is 11.5. The number of rotatable bonds is 13. The fourth-order valence-corrected chi connectivity index (χ4v) is 4.03. The summed E-state index contributed by atoms with van der Waals surface area (Å²) in [5, 5.41) is 4.71. The molecule has 198 valence electrons. The van der Waals surface area contributed by atoms with Crippen molar-refractivity contribution in [2.45, 2.75) is 6.42 Å². The summed E-state index contributed by atoms with van der Waals surface area (Å²) in [6.07, 6.45) is 6.88. The number of aromatic nitrogens is 1. The predicted octanol–water partition coefficient (Wildman–Crippen LogP) is 4.69. The van der Waals surface area contributed by atoms with Crippen molar-refractivity contribution in [3.05, 3.63) is 71.3 Å². The maximum atomic E-state index is 13.1. The van der Waals surface area contributed by atoms with Crippen LogP contribution in [0.5, 0.6) is 23.0 Å². The van der Waals surface area contributed by atoms with Crippen LogP contribution in [0.25, 0.3) is 12.2 Å². The van der Waals surface area contributed by atoms with Crippen molar-refractivity contribution in [3.8, 4) is 23.0 Å². The Balaban J connectivity index is 1.82. The van der Waals surface area contributed by atoms with Crippen molar-refractivity contribution in [1.29, 1.82) is 0 Å². The molecule has 10 heteroatoms. The molecule has 0 radical (unpaired) electrons. The van der Waals surface area contributed by atoms with Gasteiger partial charge in [-0.25, -0.2) is 4.98 Å². The number of anilines is 1. The number of allylic oxidation sites excluding steroid dienone is 2. The number of nitrogens with zero attached hydrogens (tertiary/aromatic N) is 1. The minimum atomic E-state index is -1.23. The van der Waals surface area contributed by atoms with E-state index in [9.17, 15) is 14.4 Å². The molecule has 1 heterocycles. The van der Waals surface area contributed by atoms with Crippen LogP contribution in [0.3, 0.4) is 0 Å². The summed E-state index contributed by atoms with van der Waals surface area (Å²) in [7, 11) is 6.08. The Morgan fingerprint density at radius 1 is 0.816 bits per heavy atom. The van der Waals surface area contributed by atoms with E-state index in [4.69, 9.17) is 18.9 Å². The summed E-state index contributed by atoms with van der Waals surface area (Å²) in [5.74, 6) is -0.683. The zero-order valence-corrected chi connectivity index (χ0v) is 22.2. The Hall–Kier alpha value is -4.44. The van der Waals surface area contributed by atoms with Crippen LogP contribution in [-0.4, -0.2) is 50.9 Å². The van der Waals surface area contributed by atoms with Gasteiger partial charge in [-0.3, -0.25) is 14.4 Å². The summed E-state index contributed by atoms with van der Waals surface area (Å²) in [6, 6.07) is 10.3. The van der Waals surface area contributed by atoms with E-state index < -0.39 is 23.4 Å². The van der Waals surface area contributed by atoms with Gasteiger partial charge in [-0.05, 0) is 47.5 Å². The summed E-state index contributed by atoms with van der Waals surface area (Å²) in [4.78, 5) is 42.9. The van der Waals surface area contributed by atoms with Crippen LogP contribution in [-0.2, 0) is 14.4 Å². The Morgan fingerprint density at radius 2 is 1.32 bits per heavy atom. The zero-order valence-electron chi connectivity index (χ0n) is 21.4. The number of nitrogens with one attached hydrogen (secondary N) is 1. The highest BCUT2D eigenvalue weighted by Gasteiger charge is 2.26. The fraction of sp³-hybridized carbons (Fsp3) is 0.214. The first kappa shape index (κ1) is 28.1. The second-order valence-corrected chi connectivity index (χ2v) is 8.74. The van der Waals surface area contributed by atoms with Crippen LogP contribution < -0.4 is 24.3 Å². The minimum absolute atomic E-state index is 0.343. The largest absolute Gasteiger partial charge is 0.493 e. The smallest absolute Gasteiger partial charge is 0.227 e. The van der Waals surface area contributed by atoms with Gasteiger partial charge in [0.1, 0.15) is 0 Å². The lowest BCUT2D eigenvalue weighted by atomic mass is 9.93. The molecular weight excluding hydrogens is 508 g/mol. The van der Waals surface area contributed by atoms with Gasteiger partial charge in [0.2, 0.25) is 5.91 Å². The number of thiazole rings is 1. The van der Waals surface area contributed by atoms with Gasteiger partial charge in [-0.2, -0.15) is 0 Å². The average Bonchev–Trinajstić information content (AvgIpc) is 3.45. The van der Waals surface area contributed by atoms with Gasteiger partial charge in [0, 0.05) is 18.0 Å². The summed E-state index contributed by atoms with van der Waals surface area (Å²) in [6.45, 7) is 0. The van der Waals surface area contributed by atoms with Gasteiger partial charge in [0.25, 0.3) is 0 Å². The maximum absolute atomic E-state index is 13.1. The van der Waals surface area contributed by atoms with Gasteiger partial charge in [-0.15, -0.1) is 11.3 Å². The third-order valence-electron chi connectivity index (χ3n) is 5.45. The quantitative estimate of drug-likeness (QED) is 0.247. The third-order valence-corrected chi connectivity index (χ3v) is 6.14. The molecule has 1 amide bonds. The summed E-state index contributed by atoms with van der Waals surface area (Å²) < 4.78 is 21.1. The topological polar surface area (TPSA) is 113 Å². The number of ketones is 2. The van der Waals surface area contributed by atoms with Gasteiger partial charge in [0.05, 0.1) is 34.4 Å². The number of hydrogen-bond acceptors (Lipinski definition) is 9. The van der Waals surface area contributed by atoms with E-state index >= 15 is 0 Å². The highest BCUT2D eigenvalue weighted by molar-refractivity contribution is 7.13. The Labute approximate surface area is 224 Å². The molecule has 0 fully saturated rings. The first-order chi connectivity index (χ1) is 18.4. The highest BCUT2D eigenvalue weighted by Crippen LogP contribution is 2.29. The Morgan fingerprint density at radius 3 is 1.74 bits per heavy atom. The Bertz CT molecular complexity index is 1260. The first-order valence-corrected chi connectivity index (χ1v) is 12.3. The number of carbonyl (C=O) groups is 3. The average molecular weight is 537 g/mol. The van der Waals surface area contributed by atoms with E-state index in [1.54, 1.807) is 60.1 Å². The monoisotopic (exact) mass is 536 g/mol. The molecule has 3 rings (SSSR count). The lowest BCUT2D eigenvalue weighted by Gasteiger charge is -2.11. The van der Waals surface area contributed by atoms with Crippen LogP contribution in [0.2, 0.25) is 0 Å². The summed E-state index contributed by atoms with van der Waals surface area (Å²) >= 11 is 1.24. The van der Waals surface area contributed by atoms with Crippen molar-refractivity contribution in [1.82, 2.24) is 4.98 Å². The summed E-state index contributed by atoms with van der Waals surface area (Å²) in [5.41, 5.74) is 1.32. The van der Waals surface area contributed by atoms with E-state index in [0.29, 0.717) is 39.3 Å². The molecule has 0 aliphatic rings. The second-order valence-electron chi connectivity index (χ2n) is 7.84. The van der Waals surface area contributed by atoms with Gasteiger partial charge in [0.15, 0.2) is 39.7 Å². The lowest BCUT2D eigenvalue weighted by molar-refractivity contribution is -0.131. The van der Waals surface area contributed by atoms with Gasteiger partial charge >= 0.3 is 0 Å². The van der Waals surface area contributed by atoms with E-state index in [1.165, 1.54) is 51.9 Å². The van der Waals surface area contributed by atoms with Crippen LogP contribution in [0.1, 0.15) is 17.5 Å². The molecule has 0 bridgehead atoms. The molecule has 0 aliphatic heterocycles. The number of hydrogen-bond donors (Lipinski definition) is 1. The van der Waals surface area contributed by atoms with Crippen molar-refractivity contribution < 1.29 is 33.3 Å². The minimum Gasteiger partial charge on any atom is -0.493 e. The molecule has 1 aromatic heterocycles. The number of ether oxygens (including phenoxy) is 4.